The van der Waals surface area contributed by atoms with Crippen LogP contribution in [0.3, 0.4) is 0 Å². The minimum atomic E-state index is 0.676. The molecule has 0 spiro atoms. The average molecular weight is 257 g/mol. The first-order chi connectivity index (χ1) is 8.78. The summed E-state index contributed by atoms with van der Waals surface area (Å²) < 4.78 is 5.37. The summed E-state index contributed by atoms with van der Waals surface area (Å²) in [6.07, 6.45) is 0. The van der Waals surface area contributed by atoms with Gasteiger partial charge in [0, 0.05) is 16.1 Å². The minimum absolute atomic E-state index is 0.676. The maximum atomic E-state index is 5.81. The monoisotopic (exact) mass is 256 g/mol. The molecule has 0 aliphatic rings. The zero-order valence-corrected chi connectivity index (χ0v) is 10.9. The van der Waals surface area contributed by atoms with Crippen LogP contribution in [0.2, 0.25) is 5.02 Å². The molecule has 0 aliphatic heterocycles. The molecule has 2 heteroatoms. The van der Waals surface area contributed by atoms with E-state index in [0.29, 0.717) is 6.61 Å². The minimum Gasteiger partial charge on any atom is -0.494 e. The van der Waals surface area contributed by atoms with Crippen molar-refractivity contribution in [2.45, 2.75) is 6.92 Å². The lowest BCUT2D eigenvalue weighted by Gasteiger charge is -2.01. The lowest BCUT2D eigenvalue weighted by atomic mass is 10.2. The van der Waals surface area contributed by atoms with Gasteiger partial charge in [0.15, 0.2) is 0 Å². The van der Waals surface area contributed by atoms with Gasteiger partial charge in [-0.1, -0.05) is 23.4 Å². The fraction of sp³-hybridized carbons (Fsp3) is 0.125. The summed E-state index contributed by atoms with van der Waals surface area (Å²) in [5.74, 6) is 7.06. The third-order valence-corrected chi connectivity index (χ3v) is 2.61. The molecule has 0 N–H and O–H groups in total. The molecule has 0 unspecified atom stereocenters. The van der Waals surface area contributed by atoms with Crippen LogP contribution in [-0.4, -0.2) is 6.61 Å². The topological polar surface area (TPSA) is 9.23 Å². The Morgan fingerprint density at radius 3 is 1.89 bits per heavy atom. The molecule has 0 saturated heterocycles. The molecule has 0 amide bonds. The first kappa shape index (κ1) is 12.5. The van der Waals surface area contributed by atoms with Crippen molar-refractivity contribution in [3.63, 3.8) is 0 Å². The first-order valence-corrected chi connectivity index (χ1v) is 6.16. The van der Waals surface area contributed by atoms with Gasteiger partial charge in [-0.3, -0.25) is 0 Å². The average Bonchev–Trinajstić information content (AvgIpc) is 2.40. The van der Waals surface area contributed by atoms with E-state index in [1.807, 2.05) is 55.5 Å². The summed E-state index contributed by atoms with van der Waals surface area (Å²) in [7, 11) is 0. The van der Waals surface area contributed by atoms with Crippen molar-refractivity contribution in [3.8, 4) is 17.6 Å². The largest absolute Gasteiger partial charge is 0.494 e. The Bertz CT molecular complexity index is 559. The summed E-state index contributed by atoms with van der Waals surface area (Å²) in [5, 5.41) is 0.724. The zero-order valence-electron chi connectivity index (χ0n) is 10.1. The standard InChI is InChI=1S/C16H13ClO/c1-2-18-16-11-7-14(8-12-16)4-3-13-5-9-15(17)10-6-13/h5-12H,2H2,1H3. The van der Waals surface area contributed by atoms with Gasteiger partial charge in [-0.05, 0) is 55.5 Å². The highest BCUT2D eigenvalue weighted by Crippen LogP contribution is 2.12. The van der Waals surface area contributed by atoms with Crippen molar-refractivity contribution in [2.75, 3.05) is 6.61 Å². The molecule has 0 atom stereocenters. The van der Waals surface area contributed by atoms with Crippen LogP contribution in [0.15, 0.2) is 48.5 Å². The number of benzene rings is 2. The number of rotatable bonds is 2. The molecule has 2 aromatic carbocycles. The second kappa shape index (κ2) is 6.14. The molecule has 0 heterocycles. The van der Waals surface area contributed by atoms with Crippen molar-refractivity contribution in [3.05, 3.63) is 64.7 Å². The van der Waals surface area contributed by atoms with Crippen LogP contribution in [0.25, 0.3) is 0 Å². The van der Waals surface area contributed by atoms with Crippen LogP contribution >= 0.6 is 11.6 Å². The molecule has 2 aromatic rings. The van der Waals surface area contributed by atoms with E-state index in [2.05, 4.69) is 11.8 Å². The molecule has 1 nitrogen and oxygen atoms in total. The van der Waals surface area contributed by atoms with Gasteiger partial charge in [0.1, 0.15) is 5.75 Å². The van der Waals surface area contributed by atoms with Gasteiger partial charge in [0.2, 0.25) is 0 Å². The van der Waals surface area contributed by atoms with Gasteiger partial charge in [-0.15, -0.1) is 0 Å². The Kier molecular flexibility index (Phi) is 4.28. The highest BCUT2D eigenvalue weighted by Gasteiger charge is 1.92. The second-order valence-corrected chi connectivity index (χ2v) is 4.15. The van der Waals surface area contributed by atoms with Gasteiger partial charge >= 0.3 is 0 Å². The van der Waals surface area contributed by atoms with Crippen LogP contribution < -0.4 is 4.74 Å². The van der Waals surface area contributed by atoms with Crippen LogP contribution in [0.5, 0.6) is 5.75 Å². The van der Waals surface area contributed by atoms with Crippen LogP contribution in [0.1, 0.15) is 18.1 Å². The summed E-state index contributed by atoms with van der Waals surface area (Å²) >= 11 is 5.81. The summed E-state index contributed by atoms with van der Waals surface area (Å²) in [4.78, 5) is 0. The molecule has 0 aromatic heterocycles. The van der Waals surface area contributed by atoms with Crippen LogP contribution in [0, 0.1) is 11.8 Å². The summed E-state index contributed by atoms with van der Waals surface area (Å²) in [6, 6.07) is 15.2. The molecule has 18 heavy (non-hydrogen) atoms. The molecule has 0 aliphatic carbocycles. The fourth-order valence-electron chi connectivity index (χ4n) is 1.48. The second-order valence-electron chi connectivity index (χ2n) is 3.71. The predicted molar refractivity (Wildman–Crippen MR) is 75.0 cm³/mol. The molecular formula is C16H13ClO. The van der Waals surface area contributed by atoms with E-state index in [1.54, 1.807) is 0 Å². The Balaban J connectivity index is 2.12. The van der Waals surface area contributed by atoms with Crippen molar-refractivity contribution in [2.24, 2.45) is 0 Å². The number of ether oxygens (including phenoxy) is 1. The fourth-order valence-corrected chi connectivity index (χ4v) is 1.60. The van der Waals surface area contributed by atoms with Gasteiger partial charge in [-0.2, -0.15) is 0 Å². The van der Waals surface area contributed by atoms with Gasteiger partial charge in [-0.25, -0.2) is 0 Å². The zero-order chi connectivity index (χ0) is 12.8. The number of hydrogen-bond donors (Lipinski definition) is 0. The normalized spacial score (nSPS) is 9.44. The Labute approximate surface area is 112 Å². The van der Waals surface area contributed by atoms with E-state index in [1.165, 1.54) is 0 Å². The lowest BCUT2D eigenvalue weighted by Crippen LogP contribution is -1.90. The van der Waals surface area contributed by atoms with E-state index < -0.39 is 0 Å². The molecular weight excluding hydrogens is 244 g/mol. The van der Waals surface area contributed by atoms with Crippen molar-refractivity contribution >= 4 is 11.6 Å². The van der Waals surface area contributed by atoms with Gasteiger partial charge in [0.25, 0.3) is 0 Å². The maximum absolute atomic E-state index is 5.81. The summed E-state index contributed by atoms with van der Waals surface area (Å²) in [5.41, 5.74) is 1.92. The van der Waals surface area contributed by atoms with E-state index in [-0.39, 0.29) is 0 Å². The lowest BCUT2D eigenvalue weighted by molar-refractivity contribution is 0.340. The molecule has 0 saturated carbocycles. The molecule has 0 bridgehead atoms. The summed E-state index contributed by atoms with van der Waals surface area (Å²) in [6.45, 7) is 2.64. The quantitative estimate of drug-likeness (QED) is 0.734. The van der Waals surface area contributed by atoms with Crippen LogP contribution in [0.4, 0.5) is 0 Å². The first-order valence-electron chi connectivity index (χ1n) is 5.78. The predicted octanol–water partition coefficient (Wildman–Crippen LogP) is 4.14. The van der Waals surface area contributed by atoms with Gasteiger partial charge in [0.05, 0.1) is 6.61 Å². The highest BCUT2D eigenvalue weighted by atomic mass is 35.5. The number of halogens is 1. The Hall–Kier alpha value is -1.91. The molecule has 90 valence electrons. The van der Waals surface area contributed by atoms with E-state index in [0.717, 1.165) is 21.9 Å². The number of hydrogen-bond acceptors (Lipinski definition) is 1. The van der Waals surface area contributed by atoms with Crippen LogP contribution in [-0.2, 0) is 0 Å². The Morgan fingerprint density at radius 1 is 0.889 bits per heavy atom. The van der Waals surface area contributed by atoms with Crippen molar-refractivity contribution in [1.29, 1.82) is 0 Å². The Morgan fingerprint density at radius 2 is 1.39 bits per heavy atom. The smallest absolute Gasteiger partial charge is 0.119 e. The molecule has 0 radical (unpaired) electrons. The molecule has 2 rings (SSSR count). The molecule has 0 fully saturated rings. The SMILES string of the molecule is CCOc1ccc(C#Cc2ccc(Cl)cc2)cc1. The van der Waals surface area contributed by atoms with Gasteiger partial charge < -0.3 is 4.74 Å². The third-order valence-electron chi connectivity index (χ3n) is 2.36. The van der Waals surface area contributed by atoms with E-state index in [9.17, 15) is 0 Å². The highest BCUT2D eigenvalue weighted by molar-refractivity contribution is 6.30. The third kappa shape index (κ3) is 3.55. The van der Waals surface area contributed by atoms with E-state index in [4.69, 9.17) is 16.3 Å². The van der Waals surface area contributed by atoms with Crippen molar-refractivity contribution < 1.29 is 4.74 Å². The van der Waals surface area contributed by atoms with Crippen molar-refractivity contribution in [1.82, 2.24) is 0 Å². The van der Waals surface area contributed by atoms with E-state index >= 15 is 0 Å². The maximum Gasteiger partial charge on any atom is 0.119 e.